The number of ether oxygens (including phenoxy) is 1. The Bertz CT molecular complexity index is 728. The SMILES string of the molecule is Cc1nc(C(=O)N2CC3(CC(OCc4ccccn4)CS3)C2)cs1. The van der Waals surface area contributed by atoms with Gasteiger partial charge in [-0.15, -0.1) is 23.1 Å². The molecule has 0 aromatic carbocycles. The first kappa shape index (κ1) is 16.1. The Labute approximate surface area is 149 Å². The van der Waals surface area contributed by atoms with E-state index >= 15 is 0 Å². The number of carbonyl (C=O) groups excluding carboxylic acids is 1. The van der Waals surface area contributed by atoms with E-state index in [1.54, 1.807) is 6.20 Å². The van der Waals surface area contributed by atoms with Crippen LogP contribution in [0.5, 0.6) is 0 Å². The summed E-state index contributed by atoms with van der Waals surface area (Å²) in [5.41, 5.74) is 1.55. The fraction of sp³-hybridized carbons (Fsp3) is 0.471. The topological polar surface area (TPSA) is 55.3 Å². The second kappa shape index (κ2) is 6.46. The highest BCUT2D eigenvalue weighted by atomic mass is 32.2. The molecule has 0 saturated carbocycles. The maximum Gasteiger partial charge on any atom is 0.273 e. The minimum Gasteiger partial charge on any atom is -0.371 e. The molecule has 1 atom stereocenters. The molecular weight excluding hydrogens is 342 g/mol. The molecule has 4 rings (SSSR count). The predicted octanol–water partition coefficient (Wildman–Crippen LogP) is 2.76. The fourth-order valence-electron chi connectivity index (χ4n) is 3.23. The van der Waals surface area contributed by atoms with Crippen molar-refractivity contribution in [3.63, 3.8) is 0 Å². The van der Waals surface area contributed by atoms with Gasteiger partial charge in [0.15, 0.2) is 0 Å². The number of hydrogen-bond donors (Lipinski definition) is 0. The molecule has 5 nitrogen and oxygen atoms in total. The largest absolute Gasteiger partial charge is 0.371 e. The van der Waals surface area contributed by atoms with E-state index in [0.29, 0.717) is 12.3 Å². The maximum absolute atomic E-state index is 12.4. The first-order valence-electron chi connectivity index (χ1n) is 8.00. The van der Waals surface area contributed by atoms with Crippen molar-refractivity contribution in [3.8, 4) is 0 Å². The van der Waals surface area contributed by atoms with Crippen LogP contribution in [-0.4, -0.2) is 50.5 Å². The van der Waals surface area contributed by atoms with Crippen molar-refractivity contribution in [2.75, 3.05) is 18.8 Å². The third kappa shape index (κ3) is 3.20. The van der Waals surface area contributed by atoms with E-state index in [2.05, 4.69) is 9.97 Å². The molecule has 7 heteroatoms. The number of amides is 1. The smallest absolute Gasteiger partial charge is 0.273 e. The molecule has 2 aromatic rings. The van der Waals surface area contributed by atoms with Gasteiger partial charge in [-0.25, -0.2) is 4.98 Å². The number of hydrogen-bond acceptors (Lipinski definition) is 6. The number of thiazole rings is 1. The van der Waals surface area contributed by atoms with Gasteiger partial charge >= 0.3 is 0 Å². The standard InChI is InChI=1S/C17H19N3O2S2/c1-12-19-15(9-23-12)16(21)20-10-17(11-20)6-14(8-24-17)22-7-13-4-2-3-5-18-13/h2-5,9,14H,6-8,10-11H2,1H3. The first-order valence-corrected chi connectivity index (χ1v) is 9.87. The van der Waals surface area contributed by atoms with E-state index in [4.69, 9.17) is 4.74 Å². The maximum atomic E-state index is 12.4. The summed E-state index contributed by atoms with van der Waals surface area (Å²) in [6.07, 6.45) is 3.04. The summed E-state index contributed by atoms with van der Waals surface area (Å²) >= 11 is 3.46. The highest BCUT2D eigenvalue weighted by Gasteiger charge is 2.51. The van der Waals surface area contributed by atoms with Crippen LogP contribution in [0.15, 0.2) is 29.8 Å². The van der Waals surface area contributed by atoms with Crippen molar-refractivity contribution in [2.24, 2.45) is 0 Å². The molecule has 0 N–H and O–H groups in total. The lowest BCUT2D eigenvalue weighted by Gasteiger charge is -2.47. The Morgan fingerprint density at radius 1 is 1.46 bits per heavy atom. The van der Waals surface area contributed by atoms with Crippen LogP contribution in [0.3, 0.4) is 0 Å². The second-order valence-electron chi connectivity index (χ2n) is 6.37. The van der Waals surface area contributed by atoms with Gasteiger partial charge in [-0.3, -0.25) is 9.78 Å². The van der Waals surface area contributed by atoms with Crippen LogP contribution in [0.4, 0.5) is 0 Å². The lowest BCUT2D eigenvalue weighted by molar-refractivity contribution is 0.0243. The molecule has 0 aliphatic carbocycles. The van der Waals surface area contributed by atoms with Crippen LogP contribution in [0.1, 0.15) is 27.6 Å². The van der Waals surface area contributed by atoms with E-state index in [0.717, 1.165) is 36.0 Å². The lowest BCUT2D eigenvalue weighted by atomic mass is 9.92. The number of pyridine rings is 1. The predicted molar refractivity (Wildman–Crippen MR) is 95.4 cm³/mol. The zero-order valence-corrected chi connectivity index (χ0v) is 15.1. The van der Waals surface area contributed by atoms with Crippen molar-refractivity contribution in [2.45, 2.75) is 30.8 Å². The molecule has 2 aromatic heterocycles. The summed E-state index contributed by atoms with van der Waals surface area (Å²) in [6, 6.07) is 5.87. The van der Waals surface area contributed by atoms with Gasteiger partial charge in [-0.2, -0.15) is 0 Å². The Kier molecular flexibility index (Phi) is 4.32. The molecule has 0 radical (unpaired) electrons. The van der Waals surface area contributed by atoms with Crippen molar-refractivity contribution in [1.82, 2.24) is 14.9 Å². The van der Waals surface area contributed by atoms with E-state index in [9.17, 15) is 4.79 Å². The monoisotopic (exact) mass is 361 g/mol. The number of aromatic nitrogens is 2. The Balaban J connectivity index is 1.28. The molecule has 0 bridgehead atoms. The number of thioether (sulfide) groups is 1. The van der Waals surface area contributed by atoms with Gasteiger partial charge in [0.2, 0.25) is 0 Å². The van der Waals surface area contributed by atoms with Crippen molar-refractivity contribution >= 4 is 29.0 Å². The molecule has 2 fully saturated rings. The Morgan fingerprint density at radius 2 is 2.33 bits per heavy atom. The third-order valence-electron chi connectivity index (χ3n) is 4.45. The van der Waals surface area contributed by atoms with Crippen LogP contribution < -0.4 is 0 Å². The van der Waals surface area contributed by atoms with Crippen molar-refractivity contribution in [3.05, 3.63) is 46.2 Å². The van der Waals surface area contributed by atoms with Gasteiger partial charge in [0.25, 0.3) is 5.91 Å². The summed E-state index contributed by atoms with van der Waals surface area (Å²) in [4.78, 5) is 22.9. The van der Waals surface area contributed by atoms with Crippen molar-refractivity contribution in [1.29, 1.82) is 0 Å². The highest BCUT2D eigenvalue weighted by Crippen LogP contribution is 2.46. The van der Waals surface area contributed by atoms with Crippen LogP contribution in [0.25, 0.3) is 0 Å². The lowest BCUT2D eigenvalue weighted by Crippen LogP contribution is -2.60. The number of nitrogens with zero attached hydrogens (tertiary/aromatic N) is 3. The van der Waals surface area contributed by atoms with Crippen LogP contribution >= 0.6 is 23.1 Å². The van der Waals surface area contributed by atoms with Gasteiger partial charge in [0, 0.05) is 30.4 Å². The molecule has 1 unspecified atom stereocenters. The van der Waals surface area contributed by atoms with Crippen LogP contribution in [0, 0.1) is 6.92 Å². The first-order chi connectivity index (χ1) is 11.6. The van der Waals surface area contributed by atoms with Gasteiger partial charge in [0.1, 0.15) is 5.69 Å². The average Bonchev–Trinajstić information content (AvgIpc) is 3.18. The third-order valence-corrected chi connectivity index (χ3v) is 6.80. The second-order valence-corrected chi connectivity index (χ2v) is 8.92. The molecule has 2 saturated heterocycles. The summed E-state index contributed by atoms with van der Waals surface area (Å²) in [6.45, 7) is 4.09. The van der Waals surface area contributed by atoms with E-state index in [1.165, 1.54) is 11.3 Å². The van der Waals surface area contributed by atoms with Crippen molar-refractivity contribution < 1.29 is 9.53 Å². The zero-order valence-electron chi connectivity index (χ0n) is 13.5. The molecule has 1 spiro atoms. The summed E-state index contributed by atoms with van der Waals surface area (Å²) in [7, 11) is 0. The summed E-state index contributed by atoms with van der Waals surface area (Å²) < 4.78 is 6.18. The number of likely N-dealkylation sites (tertiary alicyclic amines) is 1. The Hall–Kier alpha value is -1.44. The number of aryl methyl sites for hydroxylation is 1. The zero-order chi connectivity index (χ0) is 16.6. The van der Waals surface area contributed by atoms with E-state index < -0.39 is 0 Å². The number of rotatable bonds is 4. The highest BCUT2D eigenvalue weighted by molar-refractivity contribution is 8.01. The minimum atomic E-state index is 0.0587. The van der Waals surface area contributed by atoms with Gasteiger partial charge in [-0.1, -0.05) is 6.07 Å². The van der Waals surface area contributed by atoms with Crippen LogP contribution in [-0.2, 0) is 11.3 Å². The average molecular weight is 361 g/mol. The molecule has 2 aliphatic rings. The molecule has 126 valence electrons. The molecular formula is C17H19N3O2S2. The summed E-state index contributed by atoms with van der Waals surface area (Å²) in [5.74, 6) is 1.05. The van der Waals surface area contributed by atoms with E-state index in [1.807, 2.05) is 47.2 Å². The minimum absolute atomic E-state index is 0.0587. The summed E-state index contributed by atoms with van der Waals surface area (Å²) in [5, 5.41) is 2.79. The molecule has 1 amide bonds. The molecule has 2 aliphatic heterocycles. The quantitative estimate of drug-likeness (QED) is 0.838. The molecule has 24 heavy (non-hydrogen) atoms. The Morgan fingerprint density at radius 3 is 3.04 bits per heavy atom. The fourth-order valence-corrected chi connectivity index (χ4v) is 5.37. The molecule has 4 heterocycles. The van der Waals surface area contributed by atoms with Crippen LogP contribution in [0.2, 0.25) is 0 Å². The van der Waals surface area contributed by atoms with Gasteiger partial charge < -0.3 is 9.64 Å². The number of carbonyl (C=O) groups is 1. The van der Waals surface area contributed by atoms with E-state index in [-0.39, 0.29) is 16.8 Å². The van der Waals surface area contributed by atoms with Gasteiger partial charge in [0.05, 0.1) is 28.2 Å². The normalized spacial score (nSPS) is 21.9. The van der Waals surface area contributed by atoms with Gasteiger partial charge in [-0.05, 0) is 25.5 Å².